The monoisotopic (exact) mass is 182 g/mol. The molecule has 13 heavy (non-hydrogen) atoms. The topological polar surface area (TPSA) is 53.8 Å². The number of pyridine rings is 1. The summed E-state index contributed by atoms with van der Waals surface area (Å²) >= 11 is 0. The van der Waals surface area contributed by atoms with Gasteiger partial charge in [0.05, 0.1) is 16.7 Å². The van der Waals surface area contributed by atoms with E-state index < -0.39 is 12.0 Å². The van der Waals surface area contributed by atoms with Crippen molar-refractivity contribution in [3.05, 3.63) is 29.1 Å². The highest BCUT2D eigenvalue weighted by Crippen LogP contribution is 2.22. The first kappa shape index (κ1) is 9.26. The number of halogens is 2. The second kappa shape index (κ2) is 3.72. The molecular formula is C8H4F2N2O. The van der Waals surface area contributed by atoms with Crippen LogP contribution in [0, 0.1) is 11.3 Å². The van der Waals surface area contributed by atoms with Crippen molar-refractivity contribution < 1.29 is 13.6 Å². The lowest BCUT2D eigenvalue weighted by Gasteiger charge is -2.02. The Morgan fingerprint density at radius 3 is 2.69 bits per heavy atom. The molecule has 0 bridgehead atoms. The van der Waals surface area contributed by atoms with Crippen LogP contribution in [0.1, 0.15) is 27.9 Å². The molecule has 0 fully saturated rings. The van der Waals surface area contributed by atoms with E-state index in [1.54, 1.807) is 6.07 Å². The molecular weight excluding hydrogens is 178 g/mol. The molecule has 0 atom stereocenters. The first-order valence-corrected chi connectivity index (χ1v) is 3.32. The molecule has 1 rings (SSSR count). The second-order valence-electron chi connectivity index (χ2n) is 2.22. The van der Waals surface area contributed by atoms with E-state index in [2.05, 4.69) is 4.98 Å². The van der Waals surface area contributed by atoms with Crippen LogP contribution in [-0.4, -0.2) is 11.3 Å². The van der Waals surface area contributed by atoms with Gasteiger partial charge in [-0.2, -0.15) is 5.26 Å². The number of carbonyl (C=O) groups excluding carboxylic acids is 1. The van der Waals surface area contributed by atoms with Crippen molar-refractivity contribution in [2.75, 3.05) is 0 Å². The van der Waals surface area contributed by atoms with Crippen LogP contribution in [0.2, 0.25) is 0 Å². The smallest absolute Gasteiger partial charge is 0.266 e. The number of nitrogens with zero attached hydrogens (tertiary/aromatic N) is 2. The third-order valence-corrected chi connectivity index (χ3v) is 1.48. The summed E-state index contributed by atoms with van der Waals surface area (Å²) in [4.78, 5) is 13.7. The number of aromatic nitrogens is 1. The van der Waals surface area contributed by atoms with Gasteiger partial charge in [0.2, 0.25) is 0 Å². The van der Waals surface area contributed by atoms with Gasteiger partial charge in [-0.15, -0.1) is 0 Å². The average molecular weight is 182 g/mol. The molecule has 0 aromatic carbocycles. The summed E-state index contributed by atoms with van der Waals surface area (Å²) in [5.41, 5.74) is -0.924. The van der Waals surface area contributed by atoms with Crippen LogP contribution >= 0.6 is 0 Å². The molecule has 1 aromatic rings. The lowest BCUT2D eigenvalue weighted by molar-refractivity contribution is 0.112. The number of carbonyl (C=O) groups is 1. The summed E-state index contributed by atoms with van der Waals surface area (Å²) in [6, 6.07) is 1.55. The van der Waals surface area contributed by atoms with Crippen LogP contribution in [0.4, 0.5) is 8.78 Å². The predicted octanol–water partition coefficient (Wildman–Crippen LogP) is 1.70. The highest BCUT2D eigenvalue weighted by Gasteiger charge is 2.15. The number of hydrogen-bond acceptors (Lipinski definition) is 3. The van der Waals surface area contributed by atoms with E-state index in [9.17, 15) is 13.6 Å². The van der Waals surface area contributed by atoms with Crippen molar-refractivity contribution in [2.45, 2.75) is 6.43 Å². The zero-order valence-electron chi connectivity index (χ0n) is 6.37. The van der Waals surface area contributed by atoms with E-state index >= 15 is 0 Å². The van der Waals surface area contributed by atoms with Gasteiger partial charge in [-0.05, 0) is 0 Å². The Morgan fingerprint density at radius 2 is 2.23 bits per heavy atom. The summed E-state index contributed by atoms with van der Waals surface area (Å²) in [6.07, 6.45) is -0.493. The fraction of sp³-hybridized carbons (Fsp3) is 0.125. The van der Waals surface area contributed by atoms with Gasteiger partial charge in [0.25, 0.3) is 6.43 Å². The second-order valence-corrected chi connectivity index (χ2v) is 2.22. The van der Waals surface area contributed by atoms with Gasteiger partial charge in [0.15, 0.2) is 6.29 Å². The zero-order chi connectivity index (χ0) is 9.84. The van der Waals surface area contributed by atoms with Gasteiger partial charge in [-0.25, -0.2) is 8.78 Å². The van der Waals surface area contributed by atoms with Crippen molar-refractivity contribution >= 4 is 6.29 Å². The molecule has 0 N–H and O–H groups in total. The van der Waals surface area contributed by atoms with Gasteiger partial charge in [0.1, 0.15) is 6.07 Å². The Kier molecular flexibility index (Phi) is 2.65. The quantitative estimate of drug-likeness (QED) is 0.654. The fourth-order valence-corrected chi connectivity index (χ4v) is 0.878. The number of hydrogen-bond donors (Lipinski definition) is 0. The van der Waals surface area contributed by atoms with Crippen molar-refractivity contribution in [2.24, 2.45) is 0 Å². The molecule has 1 aromatic heterocycles. The van der Waals surface area contributed by atoms with Crippen LogP contribution in [0.5, 0.6) is 0 Å². The molecule has 0 saturated carbocycles. The SMILES string of the molecule is N#Cc1c(C=O)cncc1C(F)F. The lowest BCUT2D eigenvalue weighted by atomic mass is 10.1. The molecule has 0 aliphatic heterocycles. The minimum absolute atomic E-state index is 0.111. The molecule has 3 nitrogen and oxygen atoms in total. The maximum atomic E-state index is 12.2. The summed E-state index contributed by atoms with van der Waals surface area (Å²) in [6.45, 7) is 0. The standard InChI is InChI=1S/C8H4F2N2O/c9-8(10)7-3-12-2-5(4-13)6(7)1-11/h2-4,8H. The lowest BCUT2D eigenvalue weighted by Crippen LogP contribution is -1.97. The summed E-state index contributed by atoms with van der Waals surface area (Å²) in [5.74, 6) is 0. The van der Waals surface area contributed by atoms with Crippen molar-refractivity contribution in [1.29, 1.82) is 5.26 Å². The van der Waals surface area contributed by atoms with Crippen LogP contribution in [-0.2, 0) is 0 Å². The third kappa shape index (κ3) is 1.67. The molecule has 0 amide bonds. The Bertz CT molecular complexity index is 371. The minimum atomic E-state index is -2.79. The first-order valence-electron chi connectivity index (χ1n) is 3.32. The maximum absolute atomic E-state index is 12.2. The molecule has 0 aliphatic carbocycles. The highest BCUT2D eigenvalue weighted by atomic mass is 19.3. The normalized spacial score (nSPS) is 9.69. The van der Waals surface area contributed by atoms with Crippen LogP contribution in [0.15, 0.2) is 12.4 Å². The average Bonchev–Trinajstić information content (AvgIpc) is 2.16. The van der Waals surface area contributed by atoms with Gasteiger partial charge >= 0.3 is 0 Å². The van der Waals surface area contributed by atoms with E-state index in [-0.39, 0.29) is 11.1 Å². The number of rotatable bonds is 2. The summed E-state index contributed by atoms with van der Waals surface area (Å²) < 4.78 is 24.4. The first-order chi connectivity index (χ1) is 6.20. The van der Waals surface area contributed by atoms with Crippen LogP contribution in [0.25, 0.3) is 0 Å². The van der Waals surface area contributed by atoms with Crippen LogP contribution < -0.4 is 0 Å². The van der Waals surface area contributed by atoms with E-state index in [1.807, 2.05) is 0 Å². The summed E-state index contributed by atoms with van der Waals surface area (Å²) in [5, 5.41) is 8.51. The molecule has 0 saturated heterocycles. The fourth-order valence-electron chi connectivity index (χ4n) is 0.878. The van der Waals surface area contributed by atoms with Crippen molar-refractivity contribution in [1.82, 2.24) is 4.98 Å². The molecule has 5 heteroatoms. The molecule has 1 heterocycles. The van der Waals surface area contributed by atoms with Gasteiger partial charge in [0, 0.05) is 12.4 Å². The number of nitriles is 1. The van der Waals surface area contributed by atoms with E-state index in [0.717, 1.165) is 12.4 Å². The highest BCUT2D eigenvalue weighted by molar-refractivity contribution is 5.79. The molecule has 0 radical (unpaired) electrons. The molecule has 0 spiro atoms. The molecule has 0 aliphatic rings. The summed E-state index contributed by atoms with van der Waals surface area (Å²) in [7, 11) is 0. The van der Waals surface area contributed by atoms with Crippen molar-refractivity contribution in [3.8, 4) is 6.07 Å². The van der Waals surface area contributed by atoms with E-state index in [4.69, 9.17) is 5.26 Å². The molecule has 0 unspecified atom stereocenters. The Balaban J connectivity index is 3.37. The predicted molar refractivity (Wildman–Crippen MR) is 39.3 cm³/mol. The number of alkyl halides is 2. The van der Waals surface area contributed by atoms with Crippen molar-refractivity contribution in [3.63, 3.8) is 0 Å². The number of aldehydes is 1. The van der Waals surface area contributed by atoms with Gasteiger partial charge in [-0.3, -0.25) is 9.78 Å². The van der Waals surface area contributed by atoms with Gasteiger partial charge in [-0.1, -0.05) is 0 Å². The Hall–Kier alpha value is -1.83. The Labute approximate surface area is 72.6 Å². The van der Waals surface area contributed by atoms with Gasteiger partial charge < -0.3 is 0 Å². The maximum Gasteiger partial charge on any atom is 0.266 e. The molecule has 66 valence electrons. The minimum Gasteiger partial charge on any atom is -0.298 e. The third-order valence-electron chi connectivity index (χ3n) is 1.48. The zero-order valence-corrected chi connectivity index (χ0v) is 6.37. The largest absolute Gasteiger partial charge is 0.298 e. The van der Waals surface area contributed by atoms with Crippen LogP contribution in [0.3, 0.4) is 0 Å². The van der Waals surface area contributed by atoms with E-state index in [0.29, 0.717) is 6.29 Å². The van der Waals surface area contributed by atoms with E-state index in [1.165, 1.54) is 0 Å². The Morgan fingerprint density at radius 1 is 1.54 bits per heavy atom.